The lowest BCUT2D eigenvalue weighted by Crippen LogP contribution is -2.04. The van der Waals surface area contributed by atoms with Crippen LogP contribution in [0.1, 0.15) is 0 Å². The molecule has 0 aliphatic carbocycles. The van der Waals surface area contributed by atoms with Crippen LogP contribution in [-0.2, 0) is 4.74 Å². The first-order valence-corrected chi connectivity index (χ1v) is 11.2. The Bertz CT molecular complexity index is 311. The first-order valence-electron chi connectivity index (χ1n) is 3.30. The topological polar surface area (TPSA) is 9.23 Å². The molecule has 0 aromatic rings. The summed E-state index contributed by atoms with van der Waals surface area (Å²) in [5, 5.41) is 0. The highest BCUT2D eigenvalue weighted by molar-refractivity contribution is 9.40. The Labute approximate surface area is 183 Å². The van der Waals surface area contributed by atoms with E-state index in [1.165, 1.54) is 0 Å². The van der Waals surface area contributed by atoms with Crippen LogP contribution in [0.4, 0.5) is 0 Å². The van der Waals surface area contributed by atoms with Gasteiger partial charge in [0.25, 0.3) is 0 Å². The SMILES string of the molecule is BrC(OC(Br)=C(Br)C(Br)(Br)Br)=C(Br)C(Br)(Br)Br. The summed E-state index contributed by atoms with van der Waals surface area (Å²) >= 11 is 33.5. The second-order valence-electron chi connectivity index (χ2n) is 2.27. The van der Waals surface area contributed by atoms with Gasteiger partial charge in [-0.25, -0.2) is 0 Å². The third-order valence-electron chi connectivity index (χ3n) is 1.02. The Balaban J connectivity index is 5.13. The Morgan fingerprint density at radius 2 is 0.824 bits per heavy atom. The number of ether oxygens (including phenoxy) is 1. The van der Waals surface area contributed by atoms with Gasteiger partial charge >= 0.3 is 0 Å². The molecule has 0 saturated carbocycles. The van der Waals surface area contributed by atoms with Crippen LogP contribution in [-0.4, -0.2) is 4.29 Å². The maximum Gasteiger partial charge on any atom is 0.183 e. The van der Waals surface area contributed by atoms with Crippen molar-refractivity contribution in [1.29, 1.82) is 0 Å². The van der Waals surface area contributed by atoms with Gasteiger partial charge in [-0.2, -0.15) is 0 Å². The van der Waals surface area contributed by atoms with Crippen LogP contribution in [0.15, 0.2) is 18.3 Å². The van der Waals surface area contributed by atoms with Crippen molar-refractivity contribution in [3.63, 3.8) is 0 Å². The minimum Gasteiger partial charge on any atom is -0.441 e. The summed E-state index contributed by atoms with van der Waals surface area (Å²) in [6.45, 7) is 0. The van der Waals surface area contributed by atoms with Gasteiger partial charge < -0.3 is 4.74 Å². The summed E-state index contributed by atoms with van der Waals surface area (Å²) in [5.74, 6) is 0. The second kappa shape index (κ2) is 8.64. The molecular weight excluding hydrogens is 887 g/mol. The van der Waals surface area contributed by atoms with Crippen LogP contribution < -0.4 is 0 Å². The summed E-state index contributed by atoms with van der Waals surface area (Å²) in [6, 6.07) is 0. The summed E-state index contributed by atoms with van der Waals surface area (Å²) in [6.07, 6.45) is 0. The van der Waals surface area contributed by atoms with Crippen LogP contribution in [0.25, 0.3) is 0 Å². The molecule has 0 N–H and O–H groups in total. The van der Waals surface area contributed by atoms with Gasteiger partial charge in [-0.15, -0.1) is 0 Å². The molecule has 0 unspecified atom stereocenters. The fourth-order valence-corrected chi connectivity index (χ4v) is 4.37. The average Bonchev–Trinajstić information content (AvgIpc) is 2.12. The third-order valence-corrected chi connectivity index (χ3v) is 10.7. The lowest BCUT2D eigenvalue weighted by atomic mass is 10.7. The zero-order chi connectivity index (χ0) is 14.0. The van der Waals surface area contributed by atoms with Gasteiger partial charge in [-0.05, 0) is 63.7 Å². The van der Waals surface area contributed by atoms with E-state index in [9.17, 15) is 0 Å². The zero-order valence-corrected chi connectivity index (χ0v) is 23.0. The molecule has 0 atom stereocenters. The Hall–Kier alpha value is 4.08. The molecule has 0 amide bonds. The highest BCUT2D eigenvalue weighted by Crippen LogP contribution is 2.49. The first kappa shape index (κ1) is 21.1. The highest BCUT2D eigenvalue weighted by atomic mass is 80.0. The van der Waals surface area contributed by atoms with Gasteiger partial charge in [0.15, 0.2) is 13.6 Å². The minimum absolute atomic E-state index is 0.476. The van der Waals surface area contributed by atoms with Gasteiger partial charge in [0.05, 0.1) is 8.96 Å². The number of hydrogen-bond acceptors (Lipinski definition) is 1. The van der Waals surface area contributed by atoms with Crippen LogP contribution in [0.5, 0.6) is 0 Å². The maximum absolute atomic E-state index is 5.55. The number of alkyl halides is 6. The van der Waals surface area contributed by atoms with Crippen molar-refractivity contribution in [3.05, 3.63) is 18.3 Å². The van der Waals surface area contributed by atoms with Crippen molar-refractivity contribution in [2.75, 3.05) is 0 Å². The Morgan fingerprint density at radius 3 is 1.00 bits per heavy atom. The fraction of sp³-hybridized carbons (Fsp3) is 0.333. The molecule has 0 bridgehead atoms. The summed E-state index contributed by atoms with van der Waals surface area (Å²) < 4.78 is 6.68. The van der Waals surface area contributed by atoms with E-state index in [4.69, 9.17) is 4.74 Å². The predicted octanol–water partition coefficient (Wildman–Crippen LogP) is 8.60. The molecule has 0 aliphatic rings. The summed E-state index contributed by atoms with van der Waals surface area (Å²) in [4.78, 5) is 0. The molecule has 0 radical (unpaired) electrons. The van der Waals surface area contributed by atoms with E-state index in [1.54, 1.807) is 0 Å². The smallest absolute Gasteiger partial charge is 0.183 e. The van der Waals surface area contributed by atoms with Gasteiger partial charge in [0.1, 0.15) is 0 Å². The fourth-order valence-electron chi connectivity index (χ4n) is 0.391. The largest absolute Gasteiger partial charge is 0.441 e. The van der Waals surface area contributed by atoms with Crippen molar-refractivity contribution in [1.82, 2.24) is 0 Å². The standard InChI is InChI=1S/C6Br10O/c7-1(5(11,12)13)3(9)17-4(10)2(8)6(14,15)16. The second-order valence-corrected chi connectivity index (χ2v) is 18.8. The third kappa shape index (κ3) is 8.32. The van der Waals surface area contributed by atoms with Crippen molar-refractivity contribution in [2.45, 2.75) is 4.29 Å². The molecule has 1 nitrogen and oxygen atoms in total. The summed E-state index contributed by atoms with van der Waals surface area (Å²) in [7, 11) is 0. The van der Waals surface area contributed by atoms with Crippen LogP contribution in [0.3, 0.4) is 0 Å². The van der Waals surface area contributed by atoms with E-state index in [0.29, 0.717) is 18.3 Å². The van der Waals surface area contributed by atoms with Crippen molar-refractivity contribution >= 4 is 159 Å². The van der Waals surface area contributed by atoms with Crippen LogP contribution >= 0.6 is 159 Å². The van der Waals surface area contributed by atoms with Crippen LogP contribution in [0.2, 0.25) is 0 Å². The first-order chi connectivity index (χ1) is 7.37. The molecule has 0 aliphatic heterocycles. The molecule has 0 aromatic carbocycles. The number of hydrogen-bond donors (Lipinski definition) is 0. The molecule has 0 aromatic heterocycles. The van der Waals surface area contributed by atoms with Gasteiger partial charge in [0, 0.05) is 0 Å². The highest BCUT2D eigenvalue weighted by Gasteiger charge is 2.29. The number of rotatable bonds is 2. The van der Waals surface area contributed by atoms with Crippen molar-refractivity contribution in [2.24, 2.45) is 0 Å². The van der Waals surface area contributed by atoms with E-state index >= 15 is 0 Å². The molecule has 100 valence electrons. The van der Waals surface area contributed by atoms with E-state index in [-0.39, 0.29) is 0 Å². The van der Waals surface area contributed by atoms with E-state index < -0.39 is 4.29 Å². The summed E-state index contributed by atoms with van der Waals surface area (Å²) in [5.41, 5.74) is 0. The molecule has 0 fully saturated rings. The van der Waals surface area contributed by atoms with E-state index in [0.717, 1.165) is 0 Å². The Kier molecular flexibility index (Phi) is 10.7. The quantitative estimate of drug-likeness (QED) is 0.200. The monoisotopic (exact) mass is 877 g/mol. The van der Waals surface area contributed by atoms with Crippen molar-refractivity contribution in [3.8, 4) is 0 Å². The Morgan fingerprint density at radius 1 is 0.588 bits per heavy atom. The minimum atomic E-state index is -0.597. The lowest BCUT2D eigenvalue weighted by Gasteiger charge is -2.16. The molecule has 0 heterocycles. The average molecular weight is 887 g/mol. The zero-order valence-electron chi connectivity index (χ0n) is 7.19. The molecule has 0 spiro atoms. The van der Waals surface area contributed by atoms with Crippen LogP contribution in [0, 0.1) is 0 Å². The van der Waals surface area contributed by atoms with Gasteiger partial charge in [0.2, 0.25) is 0 Å². The maximum atomic E-state index is 5.55. The lowest BCUT2D eigenvalue weighted by molar-refractivity contribution is 0.377. The van der Waals surface area contributed by atoms with E-state index in [2.05, 4.69) is 159 Å². The van der Waals surface area contributed by atoms with E-state index in [1.807, 2.05) is 0 Å². The predicted molar refractivity (Wildman–Crippen MR) is 110 cm³/mol. The molecule has 0 rings (SSSR count). The normalized spacial score (nSPS) is 16.4. The number of allylic oxidation sites excluding steroid dienone is 2. The van der Waals surface area contributed by atoms with Crippen molar-refractivity contribution < 1.29 is 4.74 Å². The van der Waals surface area contributed by atoms with Gasteiger partial charge in [-0.3, -0.25) is 0 Å². The molecule has 0 saturated heterocycles. The van der Waals surface area contributed by atoms with Gasteiger partial charge in [-0.1, -0.05) is 95.6 Å². The molecular formula is C6Br10O. The molecule has 11 heteroatoms. The number of halogens is 10. The molecule has 17 heavy (non-hydrogen) atoms.